The molecule has 5 rings (SSSR count). The molecule has 0 aliphatic rings. The zero-order chi connectivity index (χ0) is 26.3. The SMILES string of the molecule is Cc1ccc(Cc2cc3cc(-c4ccc(-c5ccc(S(C)(=O)=O)cc5)cc4)c(Cl)cc3[nH]2)cc1C(=O)O. The number of rotatable bonds is 6. The van der Waals surface area contributed by atoms with E-state index < -0.39 is 15.8 Å². The number of halogens is 1. The predicted octanol–water partition coefficient (Wildman–Crippen LogP) is 7.16. The Labute approximate surface area is 220 Å². The number of aryl methyl sites for hydroxylation is 1. The quantitative estimate of drug-likeness (QED) is 0.244. The van der Waals surface area contributed by atoms with Crippen LogP contribution in [0.1, 0.15) is 27.2 Å². The molecule has 1 heterocycles. The third-order valence-corrected chi connectivity index (χ3v) is 7.94. The number of H-pyrrole nitrogens is 1. The van der Waals surface area contributed by atoms with Crippen LogP contribution in [0.4, 0.5) is 0 Å². The highest BCUT2D eigenvalue weighted by Crippen LogP contribution is 2.34. The van der Waals surface area contributed by atoms with Crippen LogP contribution < -0.4 is 0 Å². The maximum Gasteiger partial charge on any atom is 0.335 e. The number of aromatic nitrogens is 1. The summed E-state index contributed by atoms with van der Waals surface area (Å²) in [6.45, 7) is 1.79. The van der Waals surface area contributed by atoms with Crippen LogP contribution in [-0.4, -0.2) is 30.7 Å². The van der Waals surface area contributed by atoms with E-state index >= 15 is 0 Å². The molecule has 0 fully saturated rings. The minimum atomic E-state index is -3.23. The largest absolute Gasteiger partial charge is 0.478 e. The lowest BCUT2D eigenvalue weighted by atomic mass is 9.99. The summed E-state index contributed by atoms with van der Waals surface area (Å²) in [4.78, 5) is 15.2. The van der Waals surface area contributed by atoms with Crippen LogP contribution in [0.2, 0.25) is 5.02 Å². The summed E-state index contributed by atoms with van der Waals surface area (Å²) >= 11 is 6.66. The van der Waals surface area contributed by atoms with Crippen molar-refractivity contribution in [3.05, 3.63) is 112 Å². The second kappa shape index (κ2) is 9.54. The standard InChI is InChI=1S/C30H24ClNO4S/c1-18-3-4-19(14-26(18)30(33)34)13-24-15-23-16-27(28(31)17-29(23)32-24)22-7-5-20(6-8-22)21-9-11-25(12-10-21)37(2,35)36/h3-12,14-17,32H,13H2,1-2H3,(H,33,34). The molecule has 186 valence electrons. The molecule has 0 saturated heterocycles. The molecule has 5 nitrogen and oxygen atoms in total. The highest BCUT2D eigenvalue weighted by atomic mass is 35.5. The van der Waals surface area contributed by atoms with Crippen LogP contribution in [0.25, 0.3) is 33.2 Å². The Morgan fingerprint density at radius 3 is 2.11 bits per heavy atom. The molecule has 2 N–H and O–H groups in total. The van der Waals surface area contributed by atoms with Gasteiger partial charge in [-0.15, -0.1) is 0 Å². The molecule has 0 spiro atoms. The van der Waals surface area contributed by atoms with Crippen molar-refractivity contribution < 1.29 is 18.3 Å². The lowest BCUT2D eigenvalue weighted by molar-refractivity contribution is 0.0696. The van der Waals surface area contributed by atoms with Gasteiger partial charge in [0.15, 0.2) is 9.84 Å². The molecule has 0 aliphatic carbocycles. The van der Waals surface area contributed by atoms with Gasteiger partial charge in [-0.25, -0.2) is 13.2 Å². The van der Waals surface area contributed by atoms with Gasteiger partial charge in [0.1, 0.15) is 0 Å². The third-order valence-electron chi connectivity index (χ3n) is 6.50. The first-order chi connectivity index (χ1) is 17.6. The highest BCUT2D eigenvalue weighted by Gasteiger charge is 2.12. The zero-order valence-electron chi connectivity index (χ0n) is 20.2. The van der Waals surface area contributed by atoms with Crippen molar-refractivity contribution in [2.24, 2.45) is 0 Å². The van der Waals surface area contributed by atoms with Crippen molar-refractivity contribution in [1.29, 1.82) is 0 Å². The van der Waals surface area contributed by atoms with Gasteiger partial charge in [-0.05, 0) is 71.1 Å². The summed E-state index contributed by atoms with van der Waals surface area (Å²) in [7, 11) is -3.23. The molecule has 0 atom stereocenters. The van der Waals surface area contributed by atoms with Crippen molar-refractivity contribution in [2.45, 2.75) is 18.2 Å². The maximum atomic E-state index is 11.7. The van der Waals surface area contributed by atoms with Crippen molar-refractivity contribution in [3.63, 3.8) is 0 Å². The van der Waals surface area contributed by atoms with E-state index in [-0.39, 0.29) is 0 Å². The van der Waals surface area contributed by atoms with Crippen molar-refractivity contribution in [2.75, 3.05) is 6.26 Å². The van der Waals surface area contributed by atoms with E-state index in [2.05, 4.69) is 11.1 Å². The molecule has 0 radical (unpaired) electrons. The van der Waals surface area contributed by atoms with E-state index in [4.69, 9.17) is 11.6 Å². The number of aromatic amines is 1. The molecule has 4 aromatic carbocycles. The average molecular weight is 530 g/mol. The second-order valence-corrected chi connectivity index (χ2v) is 11.6. The topological polar surface area (TPSA) is 87.2 Å². The van der Waals surface area contributed by atoms with Gasteiger partial charge in [0.05, 0.1) is 15.5 Å². The summed E-state index contributed by atoms with van der Waals surface area (Å²) in [6, 6.07) is 26.3. The number of hydrogen-bond acceptors (Lipinski definition) is 3. The third kappa shape index (κ3) is 5.17. The molecule has 5 aromatic rings. The number of sulfone groups is 1. The Balaban J connectivity index is 1.41. The first kappa shape index (κ1) is 24.8. The average Bonchev–Trinajstić information content (AvgIpc) is 3.25. The Kier molecular flexibility index (Phi) is 6.40. The smallest absolute Gasteiger partial charge is 0.335 e. The zero-order valence-corrected chi connectivity index (χ0v) is 21.8. The number of carbonyl (C=O) groups is 1. The van der Waals surface area contributed by atoms with Crippen LogP contribution in [0.3, 0.4) is 0 Å². The van der Waals surface area contributed by atoms with Crippen molar-refractivity contribution in [1.82, 2.24) is 4.98 Å². The number of aromatic carboxylic acids is 1. The molecule has 1 aromatic heterocycles. The molecule has 7 heteroatoms. The van der Waals surface area contributed by atoms with Crippen LogP contribution in [0, 0.1) is 6.92 Å². The lowest BCUT2D eigenvalue weighted by Gasteiger charge is -2.08. The second-order valence-electron chi connectivity index (χ2n) is 9.22. The first-order valence-electron chi connectivity index (χ1n) is 11.6. The molecule has 0 amide bonds. The van der Waals surface area contributed by atoms with Crippen LogP contribution in [-0.2, 0) is 16.3 Å². The van der Waals surface area contributed by atoms with Gasteiger partial charge in [-0.2, -0.15) is 0 Å². The minimum Gasteiger partial charge on any atom is -0.478 e. The first-order valence-corrected chi connectivity index (χ1v) is 13.9. The summed E-state index contributed by atoms with van der Waals surface area (Å²) in [6.07, 6.45) is 1.78. The Hall–Kier alpha value is -3.87. The van der Waals surface area contributed by atoms with E-state index in [9.17, 15) is 18.3 Å². The van der Waals surface area contributed by atoms with Crippen molar-refractivity contribution >= 4 is 38.3 Å². The summed E-state index contributed by atoms with van der Waals surface area (Å²) in [5.41, 5.74) is 7.63. The van der Waals surface area contributed by atoms with Gasteiger partial charge in [-0.3, -0.25) is 0 Å². The molecular weight excluding hydrogens is 506 g/mol. The van der Waals surface area contributed by atoms with Crippen LogP contribution >= 0.6 is 11.6 Å². The monoisotopic (exact) mass is 529 g/mol. The fourth-order valence-electron chi connectivity index (χ4n) is 4.50. The van der Waals surface area contributed by atoms with E-state index in [1.807, 2.05) is 48.5 Å². The summed E-state index contributed by atoms with van der Waals surface area (Å²) in [5, 5.41) is 11.1. The van der Waals surface area contributed by atoms with Gasteiger partial charge in [0.2, 0.25) is 0 Å². The lowest BCUT2D eigenvalue weighted by Crippen LogP contribution is -2.01. The van der Waals surface area contributed by atoms with E-state index in [0.29, 0.717) is 21.9 Å². The molecule has 0 unspecified atom stereocenters. The van der Waals surface area contributed by atoms with Gasteiger partial charge >= 0.3 is 5.97 Å². The molecule has 0 bridgehead atoms. The van der Waals surface area contributed by atoms with Crippen LogP contribution in [0.15, 0.2) is 89.8 Å². The van der Waals surface area contributed by atoms with Gasteiger partial charge in [0, 0.05) is 34.8 Å². The predicted molar refractivity (Wildman–Crippen MR) is 148 cm³/mol. The number of carboxylic acids is 1. The fourth-order valence-corrected chi connectivity index (χ4v) is 5.40. The van der Waals surface area contributed by atoms with Gasteiger partial charge < -0.3 is 10.1 Å². The summed E-state index contributed by atoms with van der Waals surface area (Å²) < 4.78 is 23.4. The summed E-state index contributed by atoms with van der Waals surface area (Å²) in [5.74, 6) is -0.927. The van der Waals surface area contributed by atoms with Gasteiger partial charge in [0.25, 0.3) is 0 Å². The van der Waals surface area contributed by atoms with E-state index in [1.165, 1.54) is 6.26 Å². The molecule has 0 saturated carbocycles. The highest BCUT2D eigenvalue weighted by molar-refractivity contribution is 7.90. The Bertz CT molecular complexity index is 1750. The number of carboxylic acid groups (broad SMARTS) is 1. The minimum absolute atomic E-state index is 0.295. The van der Waals surface area contributed by atoms with Crippen LogP contribution in [0.5, 0.6) is 0 Å². The normalized spacial score (nSPS) is 11.6. The van der Waals surface area contributed by atoms with E-state index in [1.54, 1.807) is 37.3 Å². The molecular formula is C30H24ClNO4S. The number of hydrogen-bond donors (Lipinski definition) is 2. The Morgan fingerprint density at radius 2 is 1.49 bits per heavy atom. The number of nitrogens with one attached hydrogen (secondary N) is 1. The van der Waals surface area contributed by atoms with E-state index in [0.717, 1.165) is 50.0 Å². The van der Waals surface area contributed by atoms with Gasteiger partial charge in [-0.1, -0.05) is 60.1 Å². The van der Waals surface area contributed by atoms with Crippen molar-refractivity contribution in [3.8, 4) is 22.3 Å². The maximum absolute atomic E-state index is 11.7. The molecule has 37 heavy (non-hydrogen) atoms. The fraction of sp³-hybridized carbons (Fsp3) is 0.100. The molecule has 0 aliphatic heterocycles. The number of fused-ring (bicyclic) bond motifs is 1. The number of benzene rings is 4. The Morgan fingerprint density at radius 1 is 0.865 bits per heavy atom.